The van der Waals surface area contributed by atoms with Gasteiger partial charge in [-0.15, -0.1) is 0 Å². The van der Waals surface area contributed by atoms with E-state index in [0.717, 1.165) is 10.5 Å². The molecule has 0 saturated carbocycles. The molecule has 6 heteroatoms. The van der Waals surface area contributed by atoms with E-state index in [4.69, 9.17) is 23.8 Å². The lowest BCUT2D eigenvalue weighted by molar-refractivity contribution is -0.133. The third kappa shape index (κ3) is 2.52. The zero-order valence-electron chi connectivity index (χ0n) is 9.70. The van der Waals surface area contributed by atoms with Gasteiger partial charge in [0.2, 0.25) is 11.8 Å². The Bertz CT molecular complexity index is 529. The molecule has 1 aromatic rings. The van der Waals surface area contributed by atoms with Gasteiger partial charge in [0.15, 0.2) is 5.11 Å². The molecule has 1 aromatic carbocycles. The average Bonchev–Trinajstić information content (AvgIpc) is 2.62. The Morgan fingerprint density at radius 1 is 1.33 bits per heavy atom. The normalized spacial score (nSPS) is 15.1. The van der Waals surface area contributed by atoms with Crippen LogP contribution in [0.5, 0.6) is 0 Å². The van der Waals surface area contributed by atoms with E-state index in [0.29, 0.717) is 10.7 Å². The second-order valence-electron chi connectivity index (χ2n) is 4.04. The summed E-state index contributed by atoms with van der Waals surface area (Å²) in [6, 6.07) is 5.40. The number of benzene rings is 1. The van der Waals surface area contributed by atoms with Crippen LogP contribution < -0.4 is 5.32 Å². The molecule has 0 unspecified atom stereocenters. The number of rotatable bonds is 1. The van der Waals surface area contributed by atoms with Crippen molar-refractivity contribution >= 4 is 46.4 Å². The molecule has 2 amide bonds. The highest BCUT2D eigenvalue weighted by atomic mass is 35.5. The number of likely N-dealkylation sites (tertiary alicyclic amines) is 1. The largest absolute Gasteiger partial charge is 0.331 e. The summed E-state index contributed by atoms with van der Waals surface area (Å²) in [5.41, 5.74) is 1.60. The average molecular weight is 283 g/mol. The van der Waals surface area contributed by atoms with Crippen LogP contribution in [0.15, 0.2) is 18.2 Å². The van der Waals surface area contributed by atoms with Crippen LogP contribution in [-0.2, 0) is 9.59 Å². The summed E-state index contributed by atoms with van der Waals surface area (Å²) in [5.74, 6) is -0.554. The van der Waals surface area contributed by atoms with E-state index >= 15 is 0 Å². The molecule has 1 aliphatic rings. The molecule has 1 saturated heterocycles. The van der Waals surface area contributed by atoms with Crippen LogP contribution in [0.1, 0.15) is 18.4 Å². The molecule has 0 bridgehead atoms. The van der Waals surface area contributed by atoms with Gasteiger partial charge in [0.25, 0.3) is 0 Å². The van der Waals surface area contributed by atoms with Crippen LogP contribution in [0.3, 0.4) is 0 Å². The first-order chi connectivity index (χ1) is 8.49. The molecule has 1 fully saturated rings. The zero-order chi connectivity index (χ0) is 13.3. The van der Waals surface area contributed by atoms with Gasteiger partial charge < -0.3 is 5.32 Å². The SMILES string of the molecule is Cc1ccc(NC(=S)N2C(=O)CCC2=O)c(Cl)c1. The topological polar surface area (TPSA) is 49.4 Å². The first kappa shape index (κ1) is 13.0. The van der Waals surface area contributed by atoms with Gasteiger partial charge in [-0.05, 0) is 36.8 Å². The van der Waals surface area contributed by atoms with Crippen LogP contribution >= 0.6 is 23.8 Å². The third-order valence-corrected chi connectivity index (χ3v) is 3.22. The van der Waals surface area contributed by atoms with Crippen molar-refractivity contribution in [2.24, 2.45) is 0 Å². The number of anilines is 1. The maximum atomic E-state index is 11.5. The Balaban J connectivity index is 2.16. The summed E-state index contributed by atoms with van der Waals surface area (Å²) in [6.45, 7) is 1.92. The molecular formula is C12H11ClN2O2S. The summed E-state index contributed by atoms with van der Waals surface area (Å²) >= 11 is 11.1. The van der Waals surface area contributed by atoms with E-state index in [1.807, 2.05) is 13.0 Å². The number of hydrogen-bond donors (Lipinski definition) is 1. The van der Waals surface area contributed by atoms with Crippen molar-refractivity contribution in [3.05, 3.63) is 28.8 Å². The van der Waals surface area contributed by atoms with E-state index in [9.17, 15) is 9.59 Å². The fourth-order valence-electron chi connectivity index (χ4n) is 1.70. The lowest BCUT2D eigenvalue weighted by atomic mass is 10.2. The minimum atomic E-state index is -0.277. The fraction of sp³-hybridized carbons (Fsp3) is 0.250. The molecule has 1 heterocycles. The van der Waals surface area contributed by atoms with Crippen LogP contribution in [0.2, 0.25) is 5.02 Å². The predicted octanol–water partition coefficient (Wildman–Crippen LogP) is 2.49. The van der Waals surface area contributed by atoms with E-state index < -0.39 is 0 Å². The van der Waals surface area contributed by atoms with E-state index in [2.05, 4.69) is 5.32 Å². The van der Waals surface area contributed by atoms with Crippen molar-refractivity contribution in [3.8, 4) is 0 Å². The summed E-state index contributed by atoms with van der Waals surface area (Å²) in [5, 5.41) is 3.40. The Morgan fingerprint density at radius 2 is 1.94 bits per heavy atom. The maximum Gasteiger partial charge on any atom is 0.236 e. The van der Waals surface area contributed by atoms with E-state index in [1.165, 1.54) is 0 Å². The molecule has 0 aromatic heterocycles. The molecule has 1 aliphatic heterocycles. The second-order valence-corrected chi connectivity index (χ2v) is 4.83. The summed E-state index contributed by atoms with van der Waals surface area (Å²) in [6.07, 6.45) is 0.421. The fourth-order valence-corrected chi connectivity index (χ4v) is 2.29. The molecule has 94 valence electrons. The molecule has 0 aliphatic carbocycles. The minimum Gasteiger partial charge on any atom is -0.331 e. The molecule has 18 heavy (non-hydrogen) atoms. The Hall–Kier alpha value is -1.46. The molecule has 2 rings (SSSR count). The number of carbonyl (C=O) groups is 2. The van der Waals surface area contributed by atoms with E-state index in [1.54, 1.807) is 12.1 Å². The van der Waals surface area contributed by atoms with Gasteiger partial charge in [0, 0.05) is 12.8 Å². The summed E-state index contributed by atoms with van der Waals surface area (Å²) in [4.78, 5) is 24.0. The number of imide groups is 1. The summed E-state index contributed by atoms with van der Waals surface area (Å²) in [7, 11) is 0. The van der Waals surface area contributed by atoms with Gasteiger partial charge in [-0.3, -0.25) is 9.59 Å². The first-order valence-electron chi connectivity index (χ1n) is 5.42. The second kappa shape index (κ2) is 5.04. The number of hydrogen-bond acceptors (Lipinski definition) is 3. The smallest absolute Gasteiger partial charge is 0.236 e. The highest BCUT2D eigenvalue weighted by Gasteiger charge is 2.32. The molecule has 0 atom stereocenters. The predicted molar refractivity (Wildman–Crippen MR) is 73.5 cm³/mol. The highest BCUT2D eigenvalue weighted by Crippen LogP contribution is 2.24. The zero-order valence-corrected chi connectivity index (χ0v) is 11.3. The van der Waals surface area contributed by atoms with Crippen LogP contribution in [-0.4, -0.2) is 21.8 Å². The van der Waals surface area contributed by atoms with Crippen LogP contribution in [0, 0.1) is 6.92 Å². The molecule has 0 spiro atoms. The maximum absolute atomic E-state index is 11.5. The van der Waals surface area contributed by atoms with Gasteiger partial charge in [-0.25, -0.2) is 4.90 Å². The summed E-state index contributed by atoms with van der Waals surface area (Å²) < 4.78 is 0. The Kier molecular flexibility index (Phi) is 3.63. The first-order valence-corrected chi connectivity index (χ1v) is 6.20. The van der Waals surface area contributed by atoms with E-state index in [-0.39, 0.29) is 29.8 Å². The van der Waals surface area contributed by atoms with Crippen LogP contribution in [0.4, 0.5) is 5.69 Å². The number of halogens is 1. The number of nitrogens with one attached hydrogen (secondary N) is 1. The highest BCUT2D eigenvalue weighted by molar-refractivity contribution is 7.80. The molecule has 4 nitrogen and oxygen atoms in total. The van der Waals surface area contributed by atoms with Gasteiger partial charge in [0.05, 0.1) is 10.7 Å². The van der Waals surface area contributed by atoms with Crippen molar-refractivity contribution in [1.82, 2.24) is 4.90 Å². The Morgan fingerprint density at radius 3 is 2.50 bits per heavy atom. The van der Waals surface area contributed by atoms with Crippen molar-refractivity contribution in [2.75, 3.05) is 5.32 Å². The monoisotopic (exact) mass is 282 g/mol. The number of amides is 2. The minimum absolute atomic E-state index is 0.0771. The number of carbonyl (C=O) groups excluding carboxylic acids is 2. The quantitative estimate of drug-likeness (QED) is 0.635. The van der Waals surface area contributed by atoms with Gasteiger partial charge >= 0.3 is 0 Å². The molecule has 1 N–H and O–H groups in total. The number of thiocarbonyl (C=S) groups is 1. The van der Waals surface area contributed by atoms with Crippen molar-refractivity contribution in [1.29, 1.82) is 0 Å². The number of nitrogens with zero attached hydrogens (tertiary/aromatic N) is 1. The van der Waals surface area contributed by atoms with Crippen molar-refractivity contribution in [3.63, 3.8) is 0 Å². The van der Waals surface area contributed by atoms with Crippen molar-refractivity contribution in [2.45, 2.75) is 19.8 Å². The van der Waals surface area contributed by atoms with Crippen molar-refractivity contribution < 1.29 is 9.59 Å². The molecular weight excluding hydrogens is 272 g/mol. The van der Waals surface area contributed by atoms with Gasteiger partial charge in [0.1, 0.15) is 0 Å². The van der Waals surface area contributed by atoms with Gasteiger partial charge in [-0.1, -0.05) is 17.7 Å². The molecule has 0 radical (unpaired) electrons. The van der Waals surface area contributed by atoms with Gasteiger partial charge in [-0.2, -0.15) is 0 Å². The third-order valence-electron chi connectivity index (χ3n) is 2.62. The lowest BCUT2D eigenvalue weighted by Gasteiger charge is -2.17. The number of aryl methyl sites for hydroxylation is 1. The standard InChI is InChI=1S/C12H11ClN2O2S/c1-7-2-3-9(8(13)6-7)14-12(18)15-10(16)4-5-11(15)17/h2-3,6H,4-5H2,1H3,(H,14,18). The van der Waals surface area contributed by atoms with Crippen LogP contribution in [0.25, 0.3) is 0 Å². The lowest BCUT2D eigenvalue weighted by Crippen LogP contribution is -2.38. The Labute approximate surface area is 115 Å².